The van der Waals surface area contributed by atoms with E-state index in [-0.39, 0.29) is 44.2 Å². The molecule has 1 N–H and O–H groups in total. The molecule has 58 valence electrons. The van der Waals surface area contributed by atoms with Gasteiger partial charge in [0.2, 0.25) is 0 Å². The molecular formula is C7H16CaO2. The zero-order valence-corrected chi connectivity index (χ0v) is 9.39. The Morgan fingerprint density at radius 3 is 1.40 bits per heavy atom. The Kier molecular flexibility index (Phi) is 74.3. The maximum absolute atomic E-state index is 9.37. The van der Waals surface area contributed by atoms with Crippen molar-refractivity contribution in [2.24, 2.45) is 0 Å². The third-order valence-electron chi connectivity index (χ3n) is 0.302. The number of rotatable bonds is 1. The van der Waals surface area contributed by atoms with Crippen molar-refractivity contribution in [1.82, 2.24) is 0 Å². The van der Waals surface area contributed by atoms with Gasteiger partial charge in [0.05, 0.1) is 0 Å². The Hall–Kier alpha value is 0.730. The molecule has 0 aliphatic heterocycles. The molecule has 0 fully saturated rings. The van der Waals surface area contributed by atoms with Gasteiger partial charge in [0, 0.05) is 6.42 Å². The van der Waals surface area contributed by atoms with E-state index < -0.39 is 5.97 Å². The number of carbonyl (C=O) groups is 1. The molecule has 0 unspecified atom stereocenters. The summed E-state index contributed by atoms with van der Waals surface area (Å²) in [5.74, 6) is -0.745. The third kappa shape index (κ3) is 70.0. The second-order valence-corrected chi connectivity index (χ2v) is 0.747. The van der Waals surface area contributed by atoms with Crippen LogP contribution in [0.4, 0.5) is 0 Å². The van der Waals surface area contributed by atoms with Crippen molar-refractivity contribution >= 4 is 43.7 Å². The van der Waals surface area contributed by atoms with E-state index in [4.69, 9.17) is 5.11 Å². The van der Waals surface area contributed by atoms with Crippen molar-refractivity contribution in [3.63, 3.8) is 0 Å². The van der Waals surface area contributed by atoms with Gasteiger partial charge in [-0.2, -0.15) is 13.8 Å². The molecule has 0 saturated heterocycles. The second kappa shape index (κ2) is 33.1. The molecule has 0 heterocycles. The Morgan fingerprint density at radius 2 is 1.40 bits per heavy atom. The first-order valence-corrected chi connectivity index (χ1v) is 2.90. The van der Waals surface area contributed by atoms with E-state index in [1.807, 2.05) is 0 Å². The fourth-order valence-electron chi connectivity index (χ4n) is 0. The molecular weight excluding hydrogens is 156 g/mol. The Balaban J connectivity index is -0.0000000315. The average Bonchev–Trinajstić information content (AvgIpc) is 1.97. The molecule has 10 heavy (non-hydrogen) atoms. The predicted octanol–water partition coefficient (Wildman–Crippen LogP) is 1.78. The molecule has 0 aliphatic carbocycles. The van der Waals surface area contributed by atoms with Gasteiger partial charge in [-0.3, -0.25) is 4.79 Å². The summed E-state index contributed by atoms with van der Waals surface area (Å²) in [4.78, 5) is 9.37. The van der Waals surface area contributed by atoms with Crippen LogP contribution in [0.2, 0.25) is 0 Å². The standard InChI is InChI=1S/C3H6O2.2C2H5.Ca/c1-2-3(4)5;2*1-2;/h2H2,1H3,(H,4,5);2*1H2,2H3;/q;2*-1;+2. The second-order valence-electron chi connectivity index (χ2n) is 0.747. The van der Waals surface area contributed by atoms with Crippen molar-refractivity contribution in [2.45, 2.75) is 27.2 Å². The van der Waals surface area contributed by atoms with Crippen molar-refractivity contribution < 1.29 is 9.90 Å². The summed E-state index contributed by atoms with van der Waals surface area (Å²) < 4.78 is 0. The monoisotopic (exact) mass is 172 g/mol. The summed E-state index contributed by atoms with van der Waals surface area (Å²) in [5, 5.41) is 7.72. The van der Waals surface area contributed by atoms with Crippen LogP contribution >= 0.6 is 0 Å². The molecule has 0 atom stereocenters. The third-order valence-corrected chi connectivity index (χ3v) is 0.302. The Labute approximate surface area is 94.0 Å². The molecule has 2 nitrogen and oxygen atoms in total. The molecule has 0 aromatic carbocycles. The number of hydrogen-bond donors (Lipinski definition) is 1. The minimum Gasteiger partial charge on any atom is -0.481 e. The number of carboxylic acids is 1. The summed E-state index contributed by atoms with van der Waals surface area (Å²) in [7, 11) is 0. The molecule has 0 aliphatic rings. The van der Waals surface area contributed by atoms with E-state index >= 15 is 0 Å². The van der Waals surface area contributed by atoms with Crippen LogP contribution in [-0.2, 0) is 4.79 Å². The van der Waals surface area contributed by atoms with Gasteiger partial charge < -0.3 is 19.0 Å². The molecule has 3 heteroatoms. The maximum atomic E-state index is 9.37. The summed E-state index contributed by atoms with van der Waals surface area (Å²) in [5.41, 5.74) is 0. The smallest absolute Gasteiger partial charge is 0.481 e. The Bertz CT molecular complexity index is 46.9. The van der Waals surface area contributed by atoms with E-state index in [9.17, 15) is 4.79 Å². The van der Waals surface area contributed by atoms with Gasteiger partial charge in [-0.05, 0) is 0 Å². The van der Waals surface area contributed by atoms with Gasteiger partial charge in [0.1, 0.15) is 0 Å². The molecule has 0 spiro atoms. The van der Waals surface area contributed by atoms with E-state index in [0.29, 0.717) is 0 Å². The number of aliphatic carboxylic acids is 1. The number of carboxylic acid groups (broad SMARTS) is 1. The van der Waals surface area contributed by atoms with E-state index in [0.717, 1.165) is 0 Å². The molecule has 0 amide bonds. The van der Waals surface area contributed by atoms with Gasteiger partial charge in [0.15, 0.2) is 0 Å². The molecule has 0 saturated carbocycles. The SMILES string of the molecule is CCC(=O)O.[CH2-]C.[CH2-]C.[Ca+2]. The van der Waals surface area contributed by atoms with Crippen LogP contribution in [0.5, 0.6) is 0 Å². The predicted molar refractivity (Wildman–Crippen MR) is 45.7 cm³/mol. The Morgan fingerprint density at radius 1 is 1.30 bits per heavy atom. The van der Waals surface area contributed by atoms with Crippen LogP contribution in [0.1, 0.15) is 27.2 Å². The van der Waals surface area contributed by atoms with Crippen molar-refractivity contribution in [2.75, 3.05) is 0 Å². The van der Waals surface area contributed by atoms with E-state index in [1.165, 1.54) is 0 Å². The van der Waals surface area contributed by atoms with Crippen LogP contribution in [-0.4, -0.2) is 48.8 Å². The first kappa shape index (κ1) is 22.4. The van der Waals surface area contributed by atoms with E-state index in [1.54, 1.807) is 20.8 Å². The fraction of sp³-hybridized carbons (Fsp3) is 0.571. The zero-order valence-electron chi connectivity index (χ0n) is 7.18. The molecule has 0 radical (unpaired) electrons. The van der Waals surface area contributed by atoms with Crippen LogP contribution in [0.15, 0.2) is 0 Å². The summed E-state index contributed by atoms with van der Waals surface area (Å²) in [6.07, 6.45) is 0.222. The minimum absolute atomic E-state index is 0. The molecule has 0 rings (SSSR count). The summed E-state index contributed by atoms with van der Waals surface area (Å²) >= 11 is 0. The topological polar surface area (TPSA) is 37.3 Å². The normalized spacial score (nSPS) is 4.90. The average molecular weight is 172 g/mol. The van der Waals surface area contributed by atoms with Crippen LogP contribution in [0.3, 0.4) is 0 Å². The summed E-state index contributed by atoms with van der Waals surface area (Å²) in [6, 6.07) is 0. The number of hydrogen-bond acceptors (Lipinski definition) is 1. The van der Waals surface area contributed by atoms with Gasteiger partial charge in [-0.15, -0.1) is 0 Å². The van der Waals surface area contributed by atoms with Gasteiger partial charge in [0.25, 0.3) is 0 Å². The quantitative estimate of drug-likeness (QED) is 0.483. The van der Waals surface area contributed by atoms with Crippen LogP contribution in [0, 0.1) is 13.8 Å². The van der Waals surface area contributed by atoms with Crippen molar-refractivity contribution in [3.8, 4) is 0 Å². The largest absolute Gasteiger partial charge is 2.00 e. The van der Waals surface area contributed by atoms with Crippen LogP contribution < -0.4 is 0 Å². The van der Waals surface area contributed by atoms with Crippen LogP contribution in [0.25, 0.3) is 0 Å². The fourth-order valence-corrected chi connectivity index (χ4v) is 0. The van der Waals surface area contributed by atoms with Gasteiger partial charge >= 0.3 is 43.7 Å². The molecule has 0 bridgehead atoms. The summed E-state index contributed by atoms with van der Waals surface area (Å²) in [6.45, 7) is 11.6. The van der Waals surface area contributed by atoms with Crippen molar-refractivity contribution in [3.05, 3.63) is 13.8 Å². The van der Waals surface area contributed by atoms with Gasteiger partial charge in [-0.1, -0.05) is 6.92 Å². The molecule has 0 aromatic rings. The zero-order chi connectivity index (χ0) is 8.28. The van der Waals surface area contributed by atoms with Gasteiger partial charge in [-0.25, -0.2) is 0 Å². The maximum Gasteiger partial charge on any atom is 2.00 e. The van der Waals surface area contributed by atoms with E-state index in [2.05, 4.69) is 13.8 Å². The first-order valence-electron chi connectivity index (χ1n) is 2.90. The minimum atomic E-state index is -0.745. The van der Waals surface area contributed by atoms with Crippen molar-refractivity contribution in [1.29, 1.82) is 0 Å². The molecule has 0 aromatic heterocycles. The first-order chi connectivity index (χ1) is 4.27.